The Labute approximate surface area is 171 Å². The summed E-state index contributed by atoms with van der Waals surface area (Å²) >= 11 is 0. The van der Waals surface area contributed by atoms with E-state index >= 15 is 0 Å². The summed E-state index contributed by atoms with van der Waals surface area (Å²) in [6.45, 7) is 4.57. The van der Waals surface area contributed by atoms with Crippen molar-refractivity contribution in [2.75, 3.05) is 5.32 Å². The molecule has 0 radical (unpaired) electrons. The molecule has 2 aromatic carbocycles. The first-order valence-corrected chi connectivity index (χ1v) is 9.81. The maximum absolute atomic E-state index is 12.7. The molecule has 1 aromatic heterocycles. The number of benzene rings is 2. The number of nitrogens with one attached hydrogen (secondary N) is 2. The van der Waals surface area contributed by atoms with Crippen LogP contribution in [0, 0.1) is 0 Å². The Morgan fingerprint density at radius 1 is 0.793 bits per heavy atom. The Morgan fingerprint density at radius 3 is 1.90 bits per heavy atom. The van der Waals surface area contributed by atoms with Crippen LogP contribution in [0.5, 0.6) is 0 Å². The zero-order chi connectivity index (χ0) is 20.6. The van der Waals surface area contributed by atoms with E-state index in [9.17, 15) is 9.59 Å². The molecule has 5 nitrogen and oxygen atoms in total. The highest BCUT2D eigenvalue weighted by Gasteiger charge is 2.13. The fourth-order valence-corrected chi connectivity index (χ4v) is 3.15. The number of hydrogen-bond donors (Lipinski definition) is 2. The van der Waals surface area contributed by atoms with Crippen LogP contribution < -0.4 is 10.6 Å². The standard InChI is InChI=1S/C24H25N3O2/c1-3-18-6-5-7-19(4-2)22(18)27-24(29)21-10-8-20(9-11-21)23(28)26-16-17-12-14-25-15-13-17/h5-15H,3-4,16H2,1-2H3,(H,26,28)(H,27,29). The summed E-state index contributed by atoms with van der Waals surface area (Å²) in [5.74, 6) is -0.359. The first-order valence-electron chi connectivity index (χ1n) is 9.81. The molecule has 0 saturated heterocycles. The molecule has 3 aromatic rings. The Balaban J connectivity index is 1.67. The molecule has 0 aliphatic rings. The lowest BCUT2D eigenvalue weighted by Gasteiger charge is -2.14. The summed E-state index contributed by atoms with van der Waals surface area (Å²) in [6.07, 6.45) is 5.07. The summed E-state index contributed by atoms with van der Waals surface area (Å²) < 4.78 is 0. The smallest absolute Gasteiger partial charge is 0.255 e. The summed E-state index contributed by atoms with van der Waals surface area (Å²) in [7, 11) is 0. The van der Waals surface area contributed by atoms with Crippen molar-refractivity contribution in [3.8, 4) is 0 Å². The second-order valence-electron chi connectivity index (χ2n) is 6.73. The minimum absolute atomic E-state index is 0.177. The molecule has 0 fully saturated rings. The first-order chi connectivity index (χ1) is 14.1. The predicted molar refractivity (Wildman–Crippen MR) is 115 cm³/mol. The molecule has 0 spiro atoms. The van der Waals surface area contributed by atoms with E-state index in [-0.39, 0.29) is 11.8 Å². The molecule has 0 unspecified atom stereocenters. The Hall–Kier alpha value is -3.47. The maximum Gasteiger partial charge on any atom is 0.255 e. The highest BCUT2D eigenvalue weighted by molar-refractivity contribution is 6.05. The number of aryl methyl sites for hydroxylation is 2. The van der Waals surface area contributed by atoms with Crippen LogP contribution in [0.4, 0.5) is 5.69 Å². The Kier molecular flexibility index (Phi) is 6.74. The van der Waals surface area contributed by atoms with E-state index in [0.29, 0.717) is 17.7 Å². The van der Waals surface area contributed by atoms with Gasteiger partial charge in [-0.15, -0.1) is 0 Å². The minimum atomic E-state index is -0.182. The van der Waals surface area contributed by atoms with Gasteiger partial charge in [0.2, 0.25) is 0 Å². The van der Waals surface area contributed by atoms with Gasteiger partial charge in [0, 0.05) is 35.8 Å². The normalized spacial score (nSPS) is 10.4. The van der Waals surface area contributed by atoms with Gasteiger partial charge in [-0.05, 0) is 65.9 Å². The van der Waals surface area contributed by atoms with Crippen LogP contribution in [0.2, 0.25) is 0 Å². The number of para-hydroxylation sites is 1. The number of rotatable bonds is 7. The number of nitrogens with zero attached hydrogens (tertiary/aromatic N) is 1. The van der Waals surface area contributed by atoms with Crippen LogP contribution in [0.15, 0.2) is 67.0 Å². The van der Waals surface area contributed by atoms with Crippen molar-refractivity contribution in [2.24, 2.45) is 0 Å². The predicted octanol–water partition coefficient (Wildman–Crippen LogP) is 4.39. The first kappa shape index (κ1) is 20.3. The summed E-state index contributed by atoms with van der Waals surface area (Å²) in [5.41, 5.74) is 5.13. The van der Waals surface area contributed by atoms with E-state index in [1.807, 2.05) is 30.3 Å². The quantitative estimate of drug-likeness (QED) is 0.632. The second-order valence-corrected chi connectivity index (χ2v) is 6.73. The molecule has 3 rings (SSSR count). The zero-order valence-corrected chi connectivity index (χ0v) is 16.7. The van der Waals surface area contributed by atoms with Gasteiger partial charge in [-0.25, -0.2) is 0 Å². The van der Waals surface area contributed by atoms with Gasteiger partial charge in [-0.3, -0.25) is 14.6 Å². The van der Waals surface area contributed by atoms with Gasteiger partial charge in [0.15, 0.2) is 0 Å². The number of pyridine rings is 1. The lowest BCUT2D eigenvalue weighted by molar-refractivity contribution is 0.0949. The molecule has 148 valence electrons. The second kappa shape index (κ2) is 9.64. The van der Waals surface area contributed by atoms with E-state index in [1.54, 1.807) is 36.7 Å². The number of hydrogen-bond acceptors (Lipinski definition) is 3. The Morgan fingerprint density at radius 2 is 1.34 bits per heavy atom. The van der Waals surface area contributed by atoms with Crippen molar-refractivity contribution in [1.82, 2.24) is 10.3 Å². The van der Waals surface area contributed by atoms with E-state index in [2.05, 4.69) is 29.5 Å². The monoisotopic (exact) mass is 387 g/mol. The van der Waals surface area contributed by atoms with E-state index in [1.165, 1.54) is 0 Å². The van der Waals surface area contributed by atoms with Gasteiger partial charge >= 0.3 is 0 Å². The van der Waals surface area contributed by atoms with Crippen molar-refractivity contribution >= 4 is 17.5 Å². The van der Waals surface area contributed by atoms with Crippen LogP contribution in [0.25, 0.3) is 0 Å². The Bertz CT molecular complexity index is 961. The molecule has 0 aliphatic heterocycles. The van der Waals surface area contributed by atoms with Crippen LogP contribution in [-0.2, 0) is 19.4 Å². The molecule has 2 N–H and O–H groups in total. The third kappa shape index (κ3) is 5.08. The van der Waals surface area contributed by atoms with Crippen molar-refractivity contribution in [3.63, 3.8) is 0 Å². The fraction of sp³-hybridized carbons (Fsp3) is 0.208. The average Bonchev–Trinajstić information content (AvgIpc) is 2.78. The minimum Gasteiger partial charge on any atom is -0.348 e. The molecule has 0 aliphatic carbocycles. The average molecular weight is 387 g/mol. The molecule has 1 heterocycles. The largest absolute Gasteiger partial charge is 0.348 e. The molecule has 0 bridgehead atoms. The van der Waals surface area contributed by atoms with Gasteiger partial charge < -0.3 is 10.6 Å². The molecular formula is C24H25N3O2. The molecule has 2 amide bonds. The number of carbonyl (C=O) groups excluding carboxylic acids is 2. The van der Waals surface area contributed by atoms with Crippen molar-refractivity contribution < 1.29 is 9.59 Å². The summed E-state index contributed by atoms with van der Waals surface area (Å²) in [5, 5.41) is 5.91. The highest BCUT2D eigenvalue weighted by atomic mass is 16.2. The van der Waals surface area contributed by atoms with Crippen molar-refractivity contribution in [1.29, 1.82) is 0 Å². The molecular weight excluding hydrogens is 362 g/mol. The van der Waals surface area contributed by atoms with Crippen LogP contribution in [0.3, 0.4) is 0 Å². The number of aromatic nitrogens is 1. The zero-order valence-electron chi connectivity index (χ0n) is 16.7. The lowest BCUT2D eigenvalue weighted by Crippen LogP contribution is -2.23. The van der Waals surface area contributed by atoms with Gasteiger partial charge in [-0.2, -0.15) is 0 Å². The third-order valence-electron chi connectivity index (χ3n) is 4.85. The third-order valence-corrected chi connectivity index (χ3v) is 4.85. The molecule has 0 saturated carbocycles. The van der Waals surface area contributed by atoms with Crippen LogP contribution in [0.1, 0.15) is 51.3 Å². The van der Waals surface area contributed by atoms with E-state index in [0.717, 1.165) is 35.2 Å². The van der Waals surface area contributed by atoms with Crippen LogP contribution >= 0.6 is 0 Å². The van der Waals surface area contributed by atoms with Gasteiger partial charge in [0.05, 0.1) is 0 Å². The molecule has 5 heteroatoms. The summed E-state index contributed by atoms with van der Waals surface area (Å²) in [4.78, 5) is 29.0. The number of amides is 2. The van der Waals surface area contributed by atoms with Crippen LogP contribution in [-0.4, -0.2) is 16.8 Å². The summed E-state index contributed by atoms with van der Waals surface area (Å²) in [6, 6.07) is 16.5. The maximum atomic E-state index is 12.7. The van der Waals surface area contributed by atoms with Gasteiger partial charge in [0.1, 0.15) is 0 Å². The number of anilines is 1. The number of carbonyl (C=O) groups is 2. The fourth-order valence-electron chi connectivity index (χ4n) is 3.15. The van der Waals surface area contributed by atoms with Crippen molar-refractivity contribution in [2.45, 2.75) is 33.2 Å². The van der Waals surface area contributed by atoms with E-state index < -0.39 is 0 Å². The molecule has 0 atom stereocenters. The molecule has 29 heavy (non-hydrogen) atoms. The van der Waals surface area contributed by atoms with Crippen molar-refractivity contribution in [3.05, 3.63) is 94.8 Å². The lowest BCUT2D eigenvalue weighted by atomic mass is 10.0. The van der Waals surface area contributed by atoms with Gasteiger partial charge in [-0.1, -0.05) is 32.0 Å². The highest BCUT2D eigenvalue weighted by Crippen LogP contribution is 2.23. The van der Waals surface area contributed by atoms with Gasteiger partial charge in [0.25, 0.3) is 11.8 Å². The topological polar surface area (TPSA) is 71.1 Å². The van der Waals surface area contributed by atoms with E-state index in [4.69, 9.17) is 0 Å². The SMILES string of the molecule is CCc1cccc(CC)c1NC(=O)c1ccc(C(=O)NCc2ccncc2)cc1.